The lowest BCUT2D eigenvalue weighted by molar-refractivity contribution is 0.174. The first kappa shape index (κ1) is 15.2. The van der Waals surface area contributed by atoms with Crippen LogP contribution in [-0.2, 0) is 13.6 Å². The van der Waals surface area contributed by atoms with Crippen molar-refractivity contribution in [3.63, 3.8) is 0 Å². The molecule has 2 amide bonds. The molecule has 1 aliphatic rings. The molecular weight excluding hydrogens is 296 g/mol. The number of nitrogens with zero attached hydrogens (tertiary/aromatic N) is 2. The van der Waals surface area contributed by atoms with Crippen LogP contribution in [0.1, 0.15) is 29.8 Å². The lowest BCUT2D eigenvalue weighted by Crippen LogP contribution is -2.36. The molecule has 1 aromatic carbocycles. The van der Waals surface area contributed by atoms with Gasteiger partial charge in [0.05, 0.1) is 11.7 Å². The van der Waals surface area contributed by atoms with Crippen LogP contribution in [0.2, 0.25) is 0 Å². The van der Waals surface area contributed by atoms with E-state index in [0.29, 0.717) is 12.3 Å². The van der Waals surface area contributed by atoms with Gasteiger partial charge in [0.2, 0.25) is 6.79 Å². The Kier molecular flexibility index (Phi) is 4.10. The van der Waals surface area contributed by atoms with Crippen LogP contribution in [0.3, 0.4) is 0 Å². The Labute approximate surface area is 134 Å². The third kappa shape index (κ3) is 3.39. The molecule has 1 aromatic heterocycles. The van der Waals surface area contributed by atoms with Crippen molar-refractivity contribution >= 4 is 6.03 Å². The molecule has 3 rings (SSSR count). The first-order valence-corrected chi connectivity index (χ1v) is 7.46. The van der Waals surface area contributed by atoms with Crippen LogP contribution in [0.25, 0.3) is 0 Å². The molecule has 23 heavy (non-hydrogen) atoms. The second-order valence-corrected chi connectivity index (χ2v) is 5.58. The standard InChI is InChI=1S/C16H20N4O3/c1-10(13-8-20(3)19-11(13)2)18-16(21)17-7-12-4-5-14-15(6-12)23-9-22-14/h4-6,8,10H,7,9H2,1-3H3,(H2,17,18,21). The monoisotopic (exact) mass is 316 g/mol. The predicted octanol–water partition coefficient (Wildman–Crippen LogP) is 2.02. The van der Waals surface area contributed by atoms with Gasteiger partial charge in [-0.1, -0.05) is 6.07 Å². The minimum atomic E-state index is -0.224. The van der Waals surface area contributed by atoms with E-state index in [4.69, 9.17) is 9.47 Å². The van der Waals surface area contributed by atoms with Crippen LogP contribution in [0.15, 0.2) is 24.4 Å². The van der Waals surface area contributed by atoms with Gasteiger partial charge in [-0.3, -0.25) is 4.68 Å². The van der Waals surface area contributed by atoms with Crippen molar-refractivity contribution in [1.29, 1.82) is 0 Å². The highest BCUT2D eigenvalue weighted by molar-refractivity contribution is 5.74. The number of aryl methyl sites for hydroxylation is 2. The zero-order chi connectivity index (χ0) is 16.4. The second-order valence-electron chi connectivity index (χ2n) is 5.58. The molecule has 0 fully saturated rings. The van der Waals surface area contributed by atoms with Crippen LogP contribution in [0.5, 0.6) is 11.5 Å². The number of carbonyl (C=O) groups excluding carboxylic acids is 1. The maximum atomic E-state index is 12.0. The van der Waals surface area contributed by atoms with Gasteiger partial charge in [-0.05, 0) is 31.5 Å². The smallest absolute Gasteiger partial charge is 0.315 e. The Balaban J connectivity index is 1.54. The van der Waals surface area contributed by atoms with Crippen LogP contribution in [0, 0.1) is 6.92 Å². The molecule has 0 saturated heterocycles. The van der Waals surface area contributed by atoms with E-state index >= 15 is 0 Å². The number of carbonyl (C=O) groups is 1. The van der Waals surface area contributed by atoms with E-state index < -0.39 is 0 Å². The maximum Gasteiger partial charge on any atom is 0.315 e. The van der Waals surface area contributed by atoms with Crippen molar-refractivity contribution in [2.75, 3.05) is 6.79 Å². The largest absolute Gasteiger partial charge is 0.454 e. The molecule has 1 aliphatic heterocycles. The number of amides is 2. The topological polar surface area (TPSA) is 77.4 Å². The van der Waals surface area contributed by atoms with Crippen LogP contribution < -0.4 is 20.1 Å². The molecule has 0 radical (unpaired) electrons. The average molecular weight is 316 g/mol. The summed E-state index contributed by atoms with van der Waals surface area (Å²) in [7, 11) is 1.86. The molecule has 1 unspecified atom stereocenters. The SMILES string of the molecule is Cc1nn(C)cc1C(C)NC(=O)NCc1ccc2c(c1)OCO2. The number of hydrogen-bond donors (Lipinski definition) is 2. The Morgan fingerprint density at radius 1 is 1.39 bits per heavy atom. The van der Waals surface area contributed by atoms with Gasteiger partial charge in [0.25, 0.3) is 0 Å². The Bertz CT molecular complexity index is 726. The lowest BCUT2D eigenvalue weighted by Gasteiger charge is -2.14. The molecule has 122 valence electrons. The van der Waals surface area contributed by atoms with Crippen molar-refractivity contribution in [2.45, 2.75) is 26.4 Å². The third-order valence-corrected chi connectivity index (χ3v) is 3.76. The van der Waals surface area contributed by atoms with Crippen LogP contribution >= 0.6 is 0 Å². The number of nitrogens with one attached hydrogen (secondary N) is 2. The van der Waals surface area contributed by atoms with E-state index in [-0.39, 0.29) is 18.9 Å². The number of ether oxygens (including phenoxy) is 2. The summed E-state index contributed by atoms with van der Waals surface area (Å²) in [5.41, 5.74) is 2.87. The summed E-state index contributed by atoms with van der Waals surface area (Å²) < 4.78 is 12.3. The summed E-state index contributed by atoms with van der Waals surface area (Å²) in [5.74, 6) is 1.45. The number of fused-ring (bicyclic) bond motifs is 1. The summed E-state index contributed by atoms with van der Waals surface area (Å²) in [6.07, 6.45) is 1.91. The van der Waals surface area contributed by atoms with E-state index in [1.54, 1.807) is 4.68 Å². The van der Waals surface area contributed by atoms with Gasteiger partial charge in [-0.2, -0.15) is 5.10 Å². The molecule has 2 N–H and O–H groups in total. The fourth-order valence-corrected chi connectivity index (χ4v) is 2.60. The van der Waals surface area contributed by atoms with Gasteiger partial charge >= 0.3 is 6.03 Å². The number of hydrogen-bond acceptors (Lipinski definition) is 4. The molecule has 7 heteroatoms. The molecule has 0 aliphatic carbocycles. The van der Waals surface area contributed by atoms with Crippen LogP contribution in [-0.4, -0.2) is 22.6 Å². The summed E-state index contributed by atoms with van der Waals surface area (Å²) >= 11 is 0. The van der Waals surface area contributed by atoms with Gasteiger partial charge in [0.15, 0.2) is 11.5 Å². The second kappa shape index (κ2) is 6.20. The number of urea groups is 1. The predicted molar refractivity (Wildman–Crippen MR) is 84.3 cm³/mol. The number of aromatic nitrogens is 2. The minimum absolute atomic E-state index is 0.111. The molecule has 0 saturated carbocycles. The van der Waals surface area contributed by atoms with Crippen LogP contribution in [0.4, 0.5) is 4.79 Å². The normalized spacial score (nSPS) is 13.7. The quantitative estimate of drug-likeness (QED) is 0.904. The first-order valence-electron chi connectivity index (χ1n) is 7.46. The maximum absolute atomic E-state index is 12.0. The first-order chi connectivity index (χ1) is 11.0. The van der Waals surface area contributed by atoms with Crippen molar-refractivity contribution in [3.05, 3.63) is 41.2 Å². The summed E-state index contributed by atoms with van der Waals surface area (Å²) in [5, 5.41) is 10.0. The van der Waals surface area contributed by atoms with E-state index in [1.165, 1.54) is 0 Å². The third-order valence-electron chi connectivity index (χ3n) is 3.76. The van der Waals surface area contributed by atoms with Gasteiger partial charge < -0.3 is 20.1 Å². The molecular formula is C16H20N4O3. The molecule has 0 spiro atoms. The highest BCUT2D eigenvalue weighted by atomic mass is 16.7. The van der Waals surface area contributed by atoms with Gasteiger partial charge in [0, 0.05) is 25.4 Å². The molecule has 2 heterocycles. The molecule has 1 atom stereocenters. The van der Waals surface area contributed by atoms with E-state index in [0.717, 1.165) is 22.6 Å². The summed E-state index contributed by atoms with van der Waals surface area (Å²) in [4.78, 5) is 12.0. The Morgan fingerprint density at radius 2 is 2.17 bits per heavy atom. The van der Waals surface area contributed by atoms with Gasteiger partial charge in [-0.15, -0.1) is 0 Å². The number of benzene rings is 1. The zero-order valence-corrected chi connectivity index (χ0v) is 13.4. The molecule has 2 aromatic rings. The number of rotatable bonds is 4. The summed E-state index contributed by atoms with van der Waals surface area (Å²) in [6.45, 7) is 4.53. The fraction of sp³-hybridized carbons (Fsp3) is 0.375. The fourth-order valence-electron chi connectivity index (χ4n) is 2.60. The van der Waals surface area contributed by atoms with Gasteiger partial charge in [-0.25, -0.2) is 4.79 Å². The van der Waals surface area contributed by atoms with Gasteiger partial charge in [0.1, 0.15) is 0 Å². The highest BCUT2D eigenvalue weighted by Gasteiger charge is 2.15. The van der Waals surface area contributed by atoms with Crippen molar-refractivity contribution in [3.8, 4) is 11.5 Å². The zero-order valence-electron chi connectivity index (χ0n) is 13.4. The summed E-state index contributed by atoms with van der Waals surface area (Å²) in [6, 6.07) is 5.29. The van der Waals surface area contributed by atoms with E-state index in [1.807, 2.05) is 45.3 Å². The molecule has 7 nitrogen and oxygen atoms in total. The van der Waals surface area contributed by atoms with Crippen molar-refractivity contribution in [2.24, 2.45) is 7.05 Å². The van der Waals surface area contributed by atoms with E-state index in [9.17, 15) is 4.79 Å². The average Bonchev–Trinajstić information content (AvgIpc) is 3.10. The highest BCUT2D eigenvalue weighted by Crippen LogP contribution is 2.32. The minimum Gasteiger partial charge on any atom is -0.454 e. The van der Waals surface area contributed by atoms with E-state index in [2.05, 4.69) is 15.7 Å². The lowest BCUT2D eigenvalue weighted by atomic mass is 10.1. The van der Waals surface area contributed by atoms with Crippen molar-refractivity contribution < 1.29 is 14.3 Å². The Hall–Kier alpha value is -2.70. The Morgan fingerprint density at radius 3 is 2.91 bits per heavy atom. The van der Waals surface area contributed by atoms with Crippen molar-refractivity contribution in [1.82, 2.24) is 20.4 Å². The molecule has 0 bridgehead atoms.